The predicted molar refractivity (Wildman–Crippen MR) is 198 cm³/mol. The largest absolute Gasteiger partial charge is 0.319 e. The fraction of sp³-hybridized carbons (Fsp3) is 0.0698. The summed E-state index contributed by atoms with van der Waals surface area (Å²) in [5.74, 6) is 0. The Morgan fingerprint density at radius 3 is 1.84 bits per heavy atom. The maximum Gasteiger partial charge on any atom is 0.109 e. The lowest BCUT2D eigenvalue weighted by Gasteiger charge is -2.19. The second-order valence-corrected chi connectivity index (χ2v) is 15.4. The minimum Gasteiger partial charge on any atom is -0.319 e. The van der Waals surface area contributed by atoms with Gasteiger partial charge in [-0.15, -0.1) is 0 Å². The molecule has 0 fully saturated rings. The summed E-state index contributed by atoms with van der Waals surface area (Å²) in [4.78, 5) is 0. The van der Waals surface area contributed by atoms with Crippen LogP contribution in [0, 0.1) is 6.92 Å². The van der Waals surface area contributed by atoms with Gasteiger partial charge in [0.05, 0.1) is 0 Å². The van der Waals surface area contributed by atoms with Gasteiger partial charge in [-0.1, -0.05) is 134 Å². The van der Waals surface area contributed by atoms with Gasteiger partial charge in [-0.3, -0.25) is 0 Å². The van der Waals surface area contributed by atoms with Gasteiger partial charge < -0.3 is 4.57 Å². The first-order valence-electron chi connectivity index (χ1n) is 15.4. The van der Waals surface area contributed by atoms with E-state index in [2.05, 4.69) is 135 Å². The van der Waals surface area contributed by atoms with Gasteiger partial charge in [0.15, 0.2) is 0 Å². The highest BCUT2D eigenvalue weighted by molar-refractivity contribution is 7.70. The summed E-state index contributed by atoms with van der Waals surface area (Å²) < 4.78 is 12.7. The number of allylic oxidation sites excluding steroid dienone is 2. The second kappa shape index (κ2) is 11.5. The van der Waals surface area contributed by atoms with Crippen molar-refractivity contribution in [2.75, 3.05) is 13.3 Å². The van der Waals surface area contributed by atoms with Crippen LogP contribution in [0.4, 0.5) is 0 Å². The highest BCUT2D eigenvalue weighted by Gasteiger charge is 2.18. The number of hydrogen-bond acceptors (Lipinski definition) is 1. The molecule has 0 aliphatic rings. The molecule has 0 bridgehead atoms. The topological polar surface area (TPSA) is 17.1 Å². The van der Waals surface area contributed by atoms with Crippen molar-refractivity contribution < 1.29 is 4.57 Å². The van der Waals surface area contributed by atoms with Crippen molar-refractivity contribution in [3.63, 3.8) is 0 Å². The Morgan fingerprint density at radius 2 is 1.13 bits per heavy atom. The number of aryl methyl sites for hydroxylation is 1. The van der Waals surface area contributed by atoms with E-state index in [-0.39, 0.29) is 0 Å². The van der Waals surface area contributed by atoms with Gasteiger partial charge in [-0.05, 0) is 115 Å². The molecule has 0 amide bonds. The Morgan fingerprint density at radius 1 is 0.556 bits per heavy atom. The van der Waals surface area contributed by atoms with Gasteiger partial charge in [0.2, 0.25) is 0 Å². The molecule has 0 radical (unpaired) electrons. The van der Waals surface area contributed by atoms with E-state index >= 15 is 0 Å². The fourth-order valence-corrected chi connectivity index (χ4v) is 7.35. The van der Waals surface area contributed by atoms with Crippen LogP contribution in [0.1, 0.15) is 11.1 Å². The lowest BCUT2D eigenvalue weighted by molar-refractivity contribution is 0.588. The molecule has 0 heterocycles. The highest BCUT2D eigenvalue weighted by Crippen LogP contribution is 2.45. The van der Waals surface area contributed by atoms with Crippen molar-refractivity contribution in [2.45, 2.75) is 6.92 Å². The number of benzene rings is 7. The standard InChI is InChI=1S/C43H35OP/c1-5-6-11-32-26-35(17-16-29(32)2)42-38-14-9-10-15-39(38)43(36-19-18-30-12-7-8-13-33(30)27-36)41-28-34(22-25-40(41)42)31-20-23-37(24-21-31)45(3,4)44/h5-28H,1H2,2-4H3/b11-6-. The lowest BCUT2D eigenvalue weighted by Crippen LogP contribution is -2.01. The predicted octanol–water partition coefficient (Wildman–Crippen LogP) is 11.9. The molecule has 0 aliphatic carbocycles. The van der Waals surface area contributed by atoms with E-state index < -0.39 is 7.14 Å². The first-order valence-corrected chi connectivity index (χ1v) is 18.0. The average Bonchev–Trinajstić information content (AvgIpc) is 3.06. The SMILES string of the molecule is C=C/C=C\c1cc(-c2c3ccccc3c(-c3ccc4ccccc4c3)c3cc(-c4ccc(P(C)(C)=O)cc4)ccc23)ccc1C. The van der Waals surface area contributed by atoms with Gasteiger partial charge in [0.1, 0.15) is 7.14 Å². The van der Waals surface area contributed by atoms with E-state index in [9.17, 15) is 4.57 Å². The van der Waals surface area contributed by atoms with Crippen LogP contribution in [0.2, 0.25) is 0 Å². The normalized spacial score (nSPS) is 12.0. The van der Waals surface area contributed by atoms with Gasteiger partial charge in [0.25, 0.3) is 0 Å². The summed E-state index contributed by atoms with van der Waals surface area (Å²) in [5, 5.41) is 8.24. The zero-order valence-electron chi connectivity index (χ0n) is 25.9. The van der Waals surface area contributed by atoms with Crippen molar-refractivity contribution in [2.24, 2.45) is 0 Å². The molecule has 7 aromatic rings. The quantitative estimate of drug-likeness (QED) is 0.106. The molecule has 0 atom stereocenters. The van der Waals surface area contributed by atoms with Crippen LogP contribution >= 0.6 is 7.14 Å². The van der Waals surface area contributed by atoms with Crippen LogP contribution in [0.15, 0.2) is 146 Å². The number of fused-ring (bicyclic) bond motifs is 3. The molecule has 0 N–H and O–H groups in total. The summed E-state index contributed by atoms with van der Waals surface area (Å²) in [6.07, 6.45) is 5.95. The van der Waals surface area contributed by atoms with E-state index in [0.29, 0.717) is 0 Å². The van der Waals surface area contributed by atoms with Crippen LogP contribution in [-0.4, -0.2) is 13.3 Å². The zero-order valence-corrected chi connectivity index (χ0v) is 26.8. The van der Waals surface area contributed by atoms with Crippen molar-refractivity contribution in [1.29, 1.82) is 0 Å². The fourth-order valence-electron chi connectivity index (χ4n) is 6.48. The smallest absolute Gasteiger partial charge is 0.109 e. The van der Waals surface area contributed by atoms with Crippen LogP contribution < -0.4 is 5.30 Å². The van der Waals surface area contributed by atoms with Crippen molar-refractivity contribution >= 4 is 50.8 Å². The number of rotatable bonds is 6. The molecule has 0 aromatic heterocycles. The lowest BCUT2D eigenvalue weighted by atomic mass is 9.84. The molecule has 0 spiro atoms. The van der Waals surface area contributed by atoms with Gasteiger partial charge in [0, 0.05) is 5.30 Å². The second-order valence-electron chi connectivity index (χ2n) is 12.2. The zero-order chi connectivity index (χ0) is 31.1. The summed E-state index contributed by atoms with van der Waals surface area (Å²) in [6.45, 7) is 9.67. The third-order valence-corrected chi connectivity index (χ3v) is 10.4. The summed E-state index contributed by atoms with van der Waals surface area (Å²) in [5.41, 5.74) is 9.52. The van der Waals surface area contributed by atoms with Crippen molar-refractivity contribution in [3.8, 4) is 33.4 Å². The average molecular weight is 599 g/mol. The van der Waals surface area contributed by atoms with Gasteiger partial charge >= 0.3 is 0 Å². The molecule has 218 valence electrons. The van der Waals surface area contributed by atoms with E-state index in [1.807, 2.05) is 37.6 Å². The molecule has 45 heavy (non-hydrogen) atoms. The van der Waals surface area contributed by atoms with E-state index in [4.69, 9.17) is 0 Å². The maximum atomic E-state index is 12.7. The Balaban J connectivity index is 1.56. The third-order valence-electron chi connectivity index (χ3n) is 8.86. The Bertz CT molecular complexity index is 2330. The molecule has 7 aromatic carbocycles. The molecule has 0 aliphatic heterocycles. The van der Waals surface area contributed by atoms with Crippen molar-refractivity contribution in [1.82, 2.24) is 0 Å². The molecule has 0 saturated carbocycles. The summed E-state index contributed by atoms with van der Waals surface area (Å²) in [7, 11) is -2.33. The minimum absolute atomic E-state index is 0.901. The molecule has 7 rings (SSSR count). The summed E-state index contributed by atoms with van der Waals surface area (Å²) in [6, 6.07) is 46.0. The molecule has 2 heteroatoms. The Hall–Kier alpha value is -4.97. The first kappa shape index (κ1) is 28.8. The van der Waals surface area contributed by atoms with Crippen LogP contribution in [0.5, 0.6) is 0 Å². The molecule has 0 saturated heterocycles. The van der Waals surface area contributed by atoms with Crippen LogP contribution in [0.3, 0.4) is 0 Å². The van der Waals surface area contributed by atoms with Gasteiger partial charge in [-0.2, -0.15) is 0 Å². The van der Waals surface area contributed by atoms with Crippen molar-refractivity contribution in [3.05, 3.63) is 157 Å². The molecular formula is C43H35OP. The first-order chi connectivity index (χ1) is 21.8. The van der Waals surface area contributed by atoms with Gasteiger partial charge in [-0.25, -0.2) is 0 Å². The third kappa shape index (κ3) is 5.35. The van der Waals surface area contributed by atoms with Crippen LogP contribution in [0.25, 0.3) is 71.8 Å². The molecule has 1 nitrogen and oxygen atoms in total. The monoisotopic (exact) mass is 598 g/mol. The Labute approximate surface area is 265 Å². The minimum atomic E-state index is -2.33. The number of hydrogen-bond donors (Lipinski definition) is 0. The van der Waals surface area contributed by atoms with E-state index in [1.165, 1.54) is 65.7 Å². The Kier molecular flexibility index (Phi) is 7.36. The maximum absolute atomic E-state index is 12.7. The summed E-state index contributed by atoms with van der Waals surface area (Å²) >= 11 is 0. The van der Waals surface area contributed by atoms with Crippen LogP contribution in [-0.2, 0) is 4.57 Å². The highest BCUT2D eigenvalue weighted by atomic mass is 31.2. The molecular weight excluding hydrogens is 563 g/mol. The van der Waals surface area contributed by atoms with E-state index in [1.54, 1.807) is 0 Å². The van der Waals surface area contributed by atoms with E-state index in [0.717, 1.165) is 16.4 Å². The molecule has 0 unspecified atom stereocenters.